The Labute approximate surface area is 171 Å². The van der Waals surface area contributed by atoms with Crippen LogP contribution in [0.5, 0.6) is 5.75 Å². The molecule has 2 aromatic carbocycles. The van der Waals surface area contributed by atoms with Gasteiger partial charge in [-0.15, -0.1) is 0 Å². The molecule has 2 aliphatic rings. The molecule has 1 atom stereocenters. The summed E-state index contributed by atoms with van der Waals surface area (Å²) in [6.45, 7) is 0.566. The van der Waals surface area contributed by atoms with Gasteiger partial charge in [-0.3, -0.25) is 9.10 Å². The highest BCUT2D eigenvalue weighted by Crippen LogP contribution is 2.36. The van der Waals surface area contributed by atoms with E-state index in [2.05, 4.69) is 5.32 Å². The van der Waals surface area contributed by atoms with Crippen molar-refractivity contribution in [2.45, 2.75) is 43.1 Å². The van der Waals surface area contributed by atoms with Crippen LogP contribution in [0, 0.1) is 5.92 Å². The van der Waals surface area contributed by atoms with Gasteiger partial charge in [-0.25, -0.2) is 8.42 Å². The van der Waals surface area contributed by atoms with E-state index >= 15 is 0 Å². The Hall–Kier alpha value is -2.54. The van der Waals surface area contributed by atoms with Crippen molar-refractivity contribution in [2.24, 2.45) is 5.92 Å². The molecule has 0 saturated heterocycles. The molecule has 0 bridgehead atoms. The van der Waals surface area contributed by atoms with Crippen molar-refractivity contribution in [3.63, 3.8) is 0 Å². The summed E-state index contributed by atoms with van der Waals surface area (Å²) in [6, 6.07) is 15.2. The second-order valence-corrected chi connectivity index (χ2v) is 9.53. The van der Waals surface area contributed by atoms with E-state index in [1.165, 1.54) is 23.6 Å². The number of para-hydroxylation sites is 2. The molecule has 0 aromatic heterocycles. The minimum atomic E-state index is -3.80. The van der Waals surface area contributed by atoms with Gasteiger partial charge in [0, 0.05) is 6.54 Å². The summed E-state index contributed by atoms with van der Waals surface area (Å²) < 4.78 is 33.7. The second kappa shape index (κ2) is 8.45. The highest BCUT2D eigenvalue weighted by Gasteiger charge is 2.37. The molecule has 2 aromatic rings. The van der Waals surface area contributed by atoms with Crippen LogP contribution in [-0.4, -0.2) is 33.5 Å². The zero-order chi connectivity index (χ0) is 20.3. The van der Waals surface area contributed by atoms with Crippen molar-refractivity contribution in [2.75, 3.05) is 17.4 Å². The Morgan fingerprint density at radius 2 is 1.69 bits per heavy atom. The van der Waals surface area contributed by atoms with Crippen LogP contribution in [0.15, 0.2) is 59.5 Å². The van der Waals surface area contributed by atoms with Crippen LogP contribution in [0.4, 0.5) is 5.69 Å². The van der Waals surface area contributed by atoms with E-state index < -0.39 is 16.1 Å². The van der Waals surface area contributed by atoms with Gasteiger partial charge in [0.2, 0.25) is 0 Å². The smallest absolute Gasteiger partial charge is 0.264 e. The normalized spacial score (nSPS) is 19.9. The Balaban J connectivity index is 1.55. The predicted molar refractivity (Wildman–Crippen MR) is 111 cm³/mol. The number of hydrogen-bond acceptors (Lipinski definition) is 4. The van der Waals surface area contributed by atoms with Gasteiger partial charge in [-0.05, 0) is 43.0 Å². The lowest BCUT2D eigenvalue weighted by atomic mass is 9.89. The van der Waals surface area contributed by atoms with Gasteiger partial charge in [0.1, 0.15) is 5.75 Å². The van der Waals surface area contributed by atoms with E-state index in [9.17, 15) is 13.2 Å². The molecule has 1 heterocycles. The minimum absolute atomic E-state index is 0.0509. The topological polar surface area (TPSA) is 75.7 Å². The van der Waals surface area contributed by atoms with E-state index in [-0.39, 0.29) is 17.3 Å². The molecule has 1 aliphatic heterocycles. The van der Waals surface area contributed by atoms with Crippen molar-refractivity contribution >= 4 is 21.6 Å². The number of benzene rings is 2. The van der Waals surface area contributed by atoms with Crippen LogP contribution < -0.4 is 14.4 Å². The predicted octanol–water partition coefficient (Wildman–Crippen LogP) is 3.34. The van der Waals surface area contributed by atoms with Crippen LogP contribution >= 0.6 is 0 Å². The molecule has 1 unspecified atom stereocenters. The lowest BCUT2D eigenvalue weighted by molar-refractivity contribution is -0.128. The maximum absolute atomic E-state index is 13.3. The molecule has 154 valence electrons. The van der Waals surface area contributed by atoms with Gasteiger partial charge >= 0.3 is 0 Å². The van der Waals surface area contributed by atoms with Gasteiger partial charge in [-0.1, -0.05) is 49.6 Å². The fraction of sp³-hybridized carbons (Fsp3) is 0.409. The van der Waals surface area contributed by atoms with Crippen LogP contribution in [0.2, 0.25) is 0 Å². The molecule has 29 heavy (non-hydrogen) atoms. The number of hydrogen-bond donors (Lipinski definition) is 1. The third-order valence-electron chi connectivity index (χ3n) is 5.65. The van der Waals surface area contributed by atoms with Crippen LogP contribution in [0.3, 0.4) is 0 Å². The van der Waals surface area contributed by atoms with Crippen LogP contribution in [0.1, 0.15) is 32.1 Å². The van der Waals surface area contributed by atoms with E-state index in [1.54, 1.807) is 54.6 Å². The highest BCUT2D eigenvalue weighted by atomic mass is 32.2. The summed E-state index contributed by atoms with van der Waals surface area (Å²) in [6.07, 6.45) is 5.05. The van der Waals surface area contributed by atoms with E-state index in [4.69, 9.17) is 4.74 Å². The standard InChI is InChI=1S/C22H26N2O4S/c25-22(23-15-17-9-3-1-4-10-17)21-16-24(19-13-7-8-14-20(19)28-21)29(26,27)18-11-5-2-6-12-18/h2,5-8,11-14,17,21H,1,3-4,9-10,15-16H2,(H,23,25). The number of fused-ring (bicyclic) bond motifs is 1. The lowest BCUT2D eigenvalue weighted by Crippen LogP contribution is -2.51. The number of anilines is 1. The molecule has 1 saturated carbocycles. The molecule has 4 rings (SSSR count). The molecule has 6 nitrogen and oxygen atoms in total. The summed E-state index contributed by atoms with van der Waals surface area (Å²) in [7, 11) is -3.80. The third kappa shape index (κ3) is 4.24. The maximum Gasteiger partial charge on any atom is 0.264 e. The van der Waals surface area contributed by atoms with Gasteiger partial charge in [0.15, 0.2) is 6.10 Å². The number of sulfonamides is 1. The fourth-order valence-corrected chi connectivity index (χ4v) is 5.53. The average molecular weight is 415 g/mol. The number of nitrogens with one attached hydrogen (secondary N) is 1. The Morgan fingerprint density at radius 3 is 2.45 bits per heavy atom. The number of carbonyl (C=O) groups is 1. The van der Waals surface area contributed by atoms with Crippen molar-refractivity contribution in [3.05, 3.63) is 54.6 Å². The first-order valence-corrected chi connectivity index (χ1v) is 11.6. The monoisotopic (exact) mass is 414 g/mol. The van der Waals surface area contributed by atoms with E-state index in [1.807, 2.05) is 0 Å². The molecule has 1 fully saturated rings. The number of ether oxygens (including phenoxy) is 1. The quantitative estimate of drug-likeness (QED) is 0.814. The summed E-state index contributed by atoms with van der Waals surface area (Å²) in [5.41, 5.74) is 0.452. The molecular weight excluding hydrogens is 388 g/mol. The van der Waals surface area contributed by atoms with Gasteiger partial charge in [0.25, 0.3) is 15.9 Å². The van der Waals surface area contributed by atoms with Crippen molar-refractivity contribution in [1.29, 1.82) is 0 Å². The number of nitrogens with zero attached hydrogens (tertiary/aromatic N) is 1. The summed E-state index contributed by atoms with van der Waals surface area (Å²) in [5, 5.41) is 2.98. The van der Waals surface area contributed by atoms with E-state index in [0.717, 1.165) is 12.8 Å². The van der Waals surface area contributed by atoms with Crippen molar-refractivity contribution < 1.29 is 17.9 Å². The zero-order valence-corrected chi connectivity index (χ0v) is 17.1. The average Bonchev–Trinajstić information content (AvgIpc) is 2.78. The molecule has 7 heteroatoms. The Bertz CT molecular complexity index is 956. The summed E-state index contributed by atoms with van der Waals surface area (Å²) >= 11 is 0. The van der Waals surface area contributed by atoms with Crippen LogP contribution in [0.25, 0.3) is 0 Å². The van der Waals surface area contributed by atoms with Crippen molar-refractivity contribution in [3.8, 4) is 5.75 Å². The third-order valence-corrected chi connectivity index (χ3v) is 7.44. The van der Waals surface area contributed by atoms with Gasteiger partial charge < -0.3 is 10.1 Å². The molecule has 1 aliphatic carbocycles. The minimum Gasteiger partial charge on any atom is -0.476 e. The summed E-state index contributed by atoms with van der Waals surface area (Å²) in [5.74, 6) is 0.627. The number of rotatable bonds is 5. The molecule has 0 spiro atoms. The maximum atomic E-state index is 13.3. The fourth-order valence-electron chi connectivity index (χ4n) is 4.04. The molecule has 0 radical (unpaired) electrons. The Kier molecular flexibility index (Phi) is 5.76. The SMILES string of the molecule is O=C(NCC1CCCCC1)C1CN(S(=O)(=O)c2ccccc2)c2ccccc2O1. The van der Waals surface area contributed by atoms with Crippen LogP contribution in [-0.2, 0) is 14.8 Å². The zero-order valence-electron chi connectivity index (χ0n) is 16.3. The van der Waals surface area contributed by atoms with Gasteiger partial charge in [0.05, 0.1) is 17.1 Å². The number of carbonyl (C=O) groups excluding carboxylic acids is 1. The highest BCUT2D eigenvalue weighted by molar-refractivity contribution is 7.92. The number of amides is 1. The first-order valence-electron chi connectivity index (χ1n) is 10.2. The van der Waals surface area contributed by atoms with Gasteiger partial charge in [-0.2, -0.15) is 0 Å². The first kappa shape index (κ1) is 19.8. The molecule has 1 amide bonds. The van der Waals surface area contributed by atoms with Crippen molar-refractivity contribution in [1.82, 2.24) is 5.32 Å². The molecular formula is C22H26N2O4S. The summed E-state index contributed by atoms with van der Waals surface area (Å²) in [4.78, 5) is 13.0. The molecule has 1 N–H and O–H groups in total. The first-order chi connectivity index (χ1) is 14.1. The van der Waals surface area contributed by atoms with E-state index in [0.29, 0.717) is 23.9 Å². The lowest BCUT2D eigenvalue weighted by Gasteiger charge is -2.35. The Morgan fingerprint density at radius 1 is 1.00 bits per heavy atom. The largest absolute Gasteiger partial charge is 0.476 e. The second-order valence-electron chi connectivity index (χ2n) is 7.67.